The van der Waals surface area contributed by atoms with Crippen molar-refractivity contribution in [2.24, 2.45) is 0 Å². The summed E-state index contributed by atoms with van der Waals surface area (Å²) in [6.45, 7) is 1.76. The maximum atomic E-state index is 10.8. The summed E-state index contributed by atoms with van der Waals surface area (Å²) in [5, 5.41) is 0.303. The number of nitrogens with zero attached hydrogens (tertiary/aromatic N) is 2. The molecule has 0 bridgehead atoms. The van der Waals surface area contributed by atoms with Crippen molar-refractivity contribution in [3.63, 3.8) is 0 Å². The first-order chi connectivity index (χ1) is 5.09. The summed E-state index contributed by atoms with van der Waals surface area (Å²) in [5.41, 5.74) is 0.699. The van der Waals surface area contributed by atoms with Gasteiger partial charge in [-0.15, -0.1) is 0 Å². The van der Waals surface area contributed by atoms with Crippen molar-refractivity contribution in [1.29, 1.82) is 0 Å². The number of aryl methyl sites for hydroxylation is 1. The Hall–Kier alpha value is -0.230. The molecule has 1 aromatic rings. The molecule has 3 nitrogen and oxygen atoms in total. The Labute approximate surface area is 82.3 Å². The highest BCUT2D eigenvalue weighted by molar-refractivity contribution is 14.1. The van der Waals surface area contributed by atoms with E-state index in [4.69, 9.17) is 11.6 Å². The molecule has 58 valence electrons. The molecule has 5 heteroatoms. The molecule has 0 aliphatic heterocycles. The molecule has 0 saturated carbocycles. The Morgan fingerprint density at radius 3 is 2.73 bits per heavy atom. The third-order valence-corrected chi connectivity index (χ3v) is 1.67. The normalized spacial score (nSPS) is 9.73. The quantitative estimate of drug-likeness (QED) is 0.449. The predicted octanol–water partition coefficient (Wildman–Crippen LogP) is 2.01. The summed E-state index contributed by atoms with van der Waals surface area (Å²) in [5.74, 6) is 0.163. The van der Waals surface area contributed by atoms with Crippen LogP contribution in [-0.4, -0.2) is 13.8 Å². The van der Waals surface area contributed by atoms with Crippen LogP contribution in [0.25, 0.3) is 0 Å². The van der Waals surface area contributed by atoms with Crippen molar-refractivity contribution in [1.82, 2.24) is 9.97 Å². The zero-order valence-electron chi connectivity index (χ0n) is 5.64. The van der Waals surface area contributed by atoms with Crippen molar-refractivity contribution in [2.45, 2.75) is 6.92 Å². The summed E-state index contributed by atoms with van der Waals surface area (Å²) >= 11 is 7.21. The van der Waals surface area contributed by atoms with E-state index in [1.54, 1.807) is 35.6 Å². The van der Waals surface area contributed by atoms with Crippen LogP contribution in [0.4, 0.5) is 0 Å². The maximum absolute atomic E-state index is 10.8. The molecular weight excluding hydrogens is 278 g/mol. The predicted molar refractivity (Wildman–Crippen MR) is 50.1 cm³/mol. The fourth-order valence-corrected chi connectivity index (χ4v) is 1.10. The Balaban J connectivity index is 3.19. The van der Waals surface area contributed by atoms with Crippen molar-refractivity contribution in [3.05, 3.63) is 22.7 Å². The second-order valence-corrected chi connectivity index (χ2v) is 3.30. The molecule has 1 heterocycles. The Bertz CT molecular complexity index is 282. The summed E-state index contributed by atoms with van der Waals surface area (Å²) in [4.78, 5) is 18.4. The largest absolute Gasteiger partial charge is 0.279 e. The first-order valence-corrected chi connectivity index (χ1v) is 4.26. The number of carbonyl (C=O) groups is 1. The van der Waals surface area contributed by atoms with Gasteiger partial charge in [-0.05, 0) is 13.0 Å². The average Bonchev–Trinajstić information content (AvgIpc) is 1.85. The SMILES string of the molecule is Cc1cc(Cl)nc(C(=O)I)n1. The minimum Gasteiger partial charge on any atom is -0.279 e. The lowest BCUT2D eigenvalue weighted by atomic mass is 10.4. The molecule has 0 amide bonds. The summed E-state index contributed by atoms with van der Waals surface area (Å²) in [6.07, 6.45) is 0. The fraction of sp³-hybridized carbons (Fsp3) is 0.167. The van der Waals surface area contributed by atoms with E-state index in [0.29, 0.717) is 10.8 Å². The van der Waals surface area contributed by atoms with Crippen molar-refractivity contribution >= 4 is 38.0 Å². The molecule has 0 aliphatic rings. The second kappa shape index (κ2) is 3.44. The van der Waals surface area contributed by atoms with E-state index in [1.807, 2.05) is 0 Å². The molecule has 1 rings (SSSR count). The third kappa shape index (κ3) is 2.37. The second-order valence-electron chi connectivity index (χ2n) is 1.93. The number of hydrogen-bond donors (Lipinski definition) is 0. The fourth-order valence-electron chi connectivity index (χ4n) is 0.618. The first kappa shape index (κ1) is 8.86. The highest BCUT2D eigenvalue weighted by Crippen LogP contribution is 2.08. The number of halogens is 2. The average molecular weight is 282 g/mol. The van der Waals surface area contributed by atoms with Crippen LogP contribution in [0.15, 0.2) is 6.07 Å². The third-order valence-electron chi connectivity index (χ3n) is 0.999. The van der Waals surface area contributed by atoms with E-state index in [0.717, 1.165) is 0 Å². The first-order valence-electron chi connectivity index (χ1n) is 2.80. The summed E-state index contributed by atoms with van der Waals surface area (Å²) in [7, 11) is 0. The highest BCUT2D eigenvalue weighted by Gasteiger charge is 2.05. The number of carbonyl (C=O) groups excluding carboxylic acids is 1. The van der Waals surface area contributed by atoms with Gasteiger partial charge < -0.3 is 0 Å². The van der Waals surface area contributed by atoms with E-state index in [1.165, 1.54) is 0 Å². The topological polar surface area (TPSA) is 42.9 Å². The number of hydrogen-bond acceptors (Lipinski definition) is 3. The van der Waals surface area contributed by atoms with Gasteiger partial charge in [0.15, 0.2) is 0 Å². The summed E-state index contributed by atoms with van der Waals surface area (Å²) < 4.78 is -0.201. The summed E-state index contributed by atoms with van der Waals surface area (Å²) in [6, 6.07) is 1.60. The van der Waals surface area contributed by atoms with E-state index < -0.39 is 0 Å². The van der Waals surface area contributed by atoms with Gasteiger partial charge in [-0.25, -0.2) is 9.97 Å². The molecular formula is C6H4ClIN2O. The minimum absolute atomic E-state index is 0.163. The standard InChI is InChI=1S/C6H4ClIN2O/c1-3-2-4(7)10-6(9-3)5(8)11/h2H,1H3. The van der Waals surface area contributed by atoms with Gasteiger partial charge in [-0.3, -0.25) is 4.79 Å². The lowest BCUT2D eigenvalue weighted by Gasteiger charge is -1.95. The van der Waals surface area contributed by atoms with Gasteiger partial charge in [0.2, 0.25) is 5.82 Å². The molecule has 0 atom stereocenters. The lowest BCUT2D eigenvalue weighted by Crippen LogP contribution is -1.99. The molecule has 0 unspecified atom stereocenters. The molecule has 0 radical (unpaired) electrons. The molecule has 11 heavy (non-hydrogen) atoms. The van der Waals surface area contributed by atoms with E-state index in [2.05, 4.69) is 9.97 Å². The zero-order chi connectivity index (χ0) is 8.43. The molecule has 0 spiro atoms. The van der Waals surface area contributed by atoms with Crippen LogP contribution in [0.2, 0.25) is 5.15 Å². The van der Waals surface area contributed by atoms with Crippen LogP contribution in [0.3, 0.4) is 0 Å². The van der Waals surface area contributed by atoms with Gasteiger partial charge in [-0.1, -0.05) is 11.6 Å². The monoisotopic (exact) mass is 282 g/mol. The van der Waals surface area contributed by atoms with Gasteiger partial charge in [0.05, 0.1) is 0 Å². The van der Waals surface area contributed by atoms with Gasteiger partial charge >= 0.3 is 0 Å². The molecule has 0 fully saturated rings. The zero-order valence-corrected chi connectivity index (χ0v) is 8.55. The van der Waals surface area contributed by atoms with Gasteiger partial charge in [0.25, 0.3) is 3.79 Å². The smallest absolute Gasteiger partial charge is 0.259 e. The van der Waals surface area contributed by atoms with Crippen molar-refractivity contribution < 1.29 is 4.79 Å². The maximum Gasteiger partial charge on any atom is 0.259 e. The molecule has 1 aromatic heterocycles. The Morgan fingerprint density at radius 1 is 1.64 bits per heavy atom. The van der Waals surface area contributed by atoms with Crippen LogP contribution in [0.5, 0.6) is 0 Å². The molecule has 0 N–H and O–H groups in total. The molecule has 0 saturated heterocycles. The molecule has 0 aliphatic carbocycles. The van der Waals surface area contributed by atoms with Gasteiger partial charge in [0, 0.05) is 28.3 Å². The molecule has 0 aromatic carbocycles. The lowest BCUT2D eigenvalue weighted by molar-refractivity contribution is 0.109. The van der Waals surface area contributed by atoms with Crippen molar-refractivity contribution in [3.8, 4) is 0 Å². The van der Waals surface area contributed by atoms with Crippen LogP contribution in [-0.2, 0) is 0 Å². The minimum atomic E-state index is -0.201. The van der Waals surface area contributed by atoms with Crippen LogP contribution in [0.1, 0.15) is 16.3 Å². The van der Waals surface area contributed by atoms with Gasteiger partial charge in [0.1, 0.15) is 5.15 Å². The van der Waals surface area contributed by atoms with Crippen LogP contribution >= 0.6 is 34.2 Å². The van der Waals surface area contributed by atoms with Gasteiger partial charge in [-0.2, -0.15) is 0 Å². The number of aromatic nitrogens is 2. The van der Waals surface area contributed by atoms with Crippen LogP contribution in [0, 0.1) is 6.92 Å². The van der Waals surface area contributed by atoms with E-state index in [9.17, 15) is 4.79 Å². The highest BCUT2D eigenvalue weighted by atomic mass is 127. The van der Waals surface area contributed by atoms with E-state index >= 15 is 0 Å². The Morgan fingerprint density at radius 2 is 2.27 bits per heavy atom. The number of rotatable bonds is 1. The van der Waals surface area contributed by atoms with Crippen LogP contribution < -0.4 is 0 Å². The van der Waals surface area contributed by atoms with Crippen molar-refractivity contribution in [2.75, 3.05) is 0 Å². The van der Waals surface area contributed by atoms with E-state index in [-0.39, 0.29) is 9.61 Å². The Kier molecular flexibility index (Phi) is 2.78.